The highest BCUT2D eigenvalue weighted by Gasteiger charge is 2.01. The van der Waals surface area contributed by atoms with Crippen LogP contribution in [0.3, 0.4) is 0 Å². The molecular weight excluding hydrogens is 214 g/mol. The maximum atomic E-state index is 4.89. The minimum Gasteiger partial charge on any atom is -0.467 e. The molecule has 0 aliphatic carbocycles. The van der Waals surface area contributed by atoms with Crippen molar-refractivity contribution in [2.24, 2.45) is 0 Å². The molecule has 17 heavy (non-hydrogen) atoms. The summed E-state index contributed by atoms with van der Waals surface area (Å²) in [6.45, 7) is 6.02. The molecule has 0 N–H and O–H groups in total. The number of methoxy groups -OCH3 is 1. The van der Waals surface area contributed by atoms with Crippen LogP contribution in [0.15, 0.2) is 30.7 Å². The molecule has 4 heteroatoms. The molecule has 2 aromatic rings. The minimum absolute atomic E-state index is 0.367. The summed E-state index contributed by atoms with van der Waals surface area (Å²) in [7, 11) is 1.54. The Morgan fingerprint density at radius 1 is 1.06 bits per heavy atom. The van der Waals surface area contributed by atoms with E-state index in [1.165, 1.54) is 0 Å². The average Bonchev–Trinajstić information content (AvgIpc) is 2.41. The van der Waals surface area contributed by atoms with Crippen LogP contribution in [-0.4, -0.2) is 22.1 Å². The first kappa shape index (κ1) is 13.1. The normalized spacial score (nSPS) is 9.18. The van der Waals surface area contributed by atoms with E-state index in [0.29, 0.717) is 6.01 Å². The van der Waals surface area contributed by atoms with Gasteiger partial charge in [0, 0.05) is 24.2 Å². The molecule has 0 fully saturated rings. The fourth-order valence-corrected chi connectivity index (χ4v) is 1.25. The second-order valence-electron chi connectivity index (χ2n) is 3.18. The number of pyridine rings is 1. The smallest absolute Gasteiger partial charge is 0.316 e. The van der Waals surface area contributed by atoms with Crippen LogP contribution in [0, 0.1) is 6.92 Å². The van der Waals surface area contributed by atoms with Crippen LogP contribution in [-0.2, 0) is 0 Å². The van der Waals surface area contributed by atoms with Gasteiger partial charge in [0.25, 0.3) is 0 Å². The number of hydrogen-bond donors (Lipinski definition) is 0. The fourth-order valence-electron chi connectivity index (χ4n) is 1.25. The number of aromatic nitrogens is 3. The Balaban J connectivity index is 0.000000686. The average molecular weight is 231 g/mol. The Morgan fingerprint density at radius 2 is 1.71 bits per heavy atom. The van der Waals surface area contributed by atoms with Crippen molar-refractivity contribution in [3.05, 3.63) is 36.3 Å². The Morgan fingerprint density at radius 3 is 2.24 bits per heavy atom. The Bertz CT molecular complexity index is 454. The van der Waals surface area contributed by atoms with Crippen molar-refractivity contribution in [3.8, 4) is 17.3 Å². The van der Waals surface area contributed by atoms with Gasteiger partial charge in [0.2, 0.25) is 0 Å². The molecular formula is C13H17N3O. The predicted octanol–water partition coefficient (Wildman–Crippen LogP) is 2.88. The maximum Gasteiger partial charge on any atom is 0.316 e. The molecule has 90 valence electrons. The summed E-state index contributed by atoms with van der Waals surface area (Å²) >= 11 is 0. The Kier molecular flexibility index (Phi) is 5.07. The summed E-state index contributed by atoms with van der Waals surface area (Å²) in [6.07, 6.45) is 5.18. The zero-order chi connectivity index (χ0) is 12.7. The summed E-state index contributed by atoms with van der Waals surface area (Å²) < 4.78 is 4.89. The van der Waals surface area contributed by atoms with E-state index in [0.717, 1.165) is 16.8 Å². The second kappa shape index (κ2) is 6.58. The van der Waals surface area contributed by atoms with Crippen molar-refractivity contribution in [3.63, 3.8) is 0 Å². The van der Waals surface area contributed by atoms with Crippen LogP contribution in [0.5, 0.6) is 6.01 Å². The highest BCUT2D eigenvalue weighted by atomic mass is 16.5. The number of aryl methyl sites for hydroxylation is 1. The third kappa shape index (κ3) is 3.52. The molecule has 4 nitrogen and oxygen atoms in total. The van der Waals surface area contributed by atoms with Gasteiger partial charge in [0.15, 0.2) is 0 Å². The number of hydrogen-bond acceptors (Lipinski definition) is 4. The van der Waals surface area contributed by atoms with Crippen molar-refractivity contribution in [1.82, 2.24) is 15.0 Å². The van der Waals surface area contributed by atoms with Gasteiger partial charge in [0.1, 0.15) is 0 Å². The minimum atomic E-state index is 0.367. The fraction of sp³-hybridized carbons (Fsp3) is 0.308. The van der Waals surface area contributed by atoms with Gasteiger partial charge in [-0.3, -0.25) is 4.98 Å². The summed E-state index contributed by atoms with van der Waals surface area (Å²) in [5.74, 6) is 0. The van der Waals surface area contributed by atoms with Crippen LogP contribution in [0.4, 0.5) is 0 Å². The zero-order valence-corrected chi connectivity index (χ0v) is 10.6. The van der Waals surface area contributed by atoms with E-state index in [4.69, 9.17) is 4.74 Å². The third-order valence-corrected chi connectivity index (χ3v) is 2.02. The van der Waals surface area contributed by atoms with E-state index in [1.807, 2.05) is 32.9 Å². The van der Waals surface area contributed by atoms with Gasteiger partial charge in [-0.05, 0) is 24.6 Å². The molecule has 0 amide bonds. The summed E-state index contributed by atoms with van der Waals surface area (Å²) in [6, 6.07) is 4.31. The molecule has 0 unspecified atom stereocenters. The molecule has 0 aromatic carbocycles. The maximum absolute atomic E-state index is 4.89. The Hall–Kier alpha value is -1.97. The van der Waals surface area contributed by atoms with Gasteiger partial charge in [-0.15, -0.1) is 0 Å². The van der Waals surface area contributed by atoms with E-state index >= 15 is 0 Å². The van der Waals surface area contributed by atoms with Crippen molar-refractivity contribution in [1.29, 1.82) is 0 Å². The van der Waals surface area contributed by atoms with Gasteiger partial charge in [-0.25, -0.2) is 9.97 Å². The molecule has 2 rings (SSSR count). The van der Waals surface area contributed by atoms with E-state index in [9.17, 15) is 0 Å². The molecule has 0 spiro atoms. The number of ether oxygens (including phenoxy) is 1. The van der Waals surface area contributed by atoms with Crippen molar-refractivity contribution < 1.29 is 4.74 Å². The first-order valence-electron chi connectivity index (χ1n) is 5.58. The van der Waals surface area contributed by atoms with Crippen LogP contribution in [0.2, 0.25) is 0 Å². The lowest BCUT2D eigenvalue weighted by atomic mass is 10.2. The second-order valence-corrected chi connectivity index (χ2v) is 3.18. The largest absolute Gasteiger partial charge is 0.467 e. The van der Waals surface area contributed by atoms with Gasteiger partial charge in [-0.1, -0.05) is 13.8 Å². The van der Waals surface area contributed by atoms with Gasteiger partial charge < -0.3 is 4.74 Å². The lowest BCUT2D eigenvalue weighted by molar-refractivity contribution is 0.380. The third-order valence-electron chi connectivity index (χ3n) is 2.02. The van der Waals surface area contributed by atoms with Crippen LogP contribution in [0.1, 0.15) is 19.4 Å². The molecule has 0 saturated heterocycles. The molecule has 0 aliphatic rings. The summed E-state index contributed by atoms with van der Waals surface area (Å²) in [5.41, 5.74) is 2.92. The van der Waals surface area contributed by atoms with E-state index in [2.05, 4.69) is 15.0 Å². The molecule has 2 heterocycles. The summed E-state index contributed by atoms with van der Waals surface area (Å²) in [4.78, 5) is 12.3. The zero-order valence-electron chi connectivity index (χ0n) is 10.6. The molecule has 0 saturated carbocycles. The van der Waals surface area contributed by atoms with Gasteiger partial charge >= 0.3 is 6.01 Å². The Labute approximate surface area is 102 Å². The monoisotopic (exact) mass is 231 g/mol. The van der Waals surface area contributed by atoms with Crippen molar-refractivity contribution in [2.75, 3.05) is 7.11 Å². The number of rotatable bonds is 2. The van der Waals surface area contributed by atoms with Gasteiger partial charge in [-0.2, -0.15) is 0 Å². The summed E-state index contributed by atoms with van der Waals surface area (Å²) in [5, 5.41) is 0. The quantitative estimate of drug-likeness (QED) is 0.797. The topological polar surface area (TPSA) is 47.9 Å². The van der Waals surface area contributed by atoms with Crippen LogP contribution in [0.25, 0.3) is 11.3 Å². The lowest BCUT2D eigenvalue weighted by Gasteiger charge is -2.01. The van der Waals surface area contributed by atoms with E-state index < -0.39 is 0 Å². The first-order chi connectivity index (χ1) is 8.29. The molecule has 2 aromatic heterocycles. The van der Waals surface area contributed by atoms with Crippen LogP contribution < -0.4 is 4.74 Å². The van der Waals surface area contributed by atoms with E-state index in [1.54, 1.807) is 25.7 Å². The molecule has 0 aliphatic heterocycles. The highest BCUT2D eigenvalue weighted by Crippen LogP contribution is 2.16. The lowest BCUT2D eigenvalue weighted by Crippen LogP contribution is -1.92. The van der Waals surface area contributed by atoms with Crippen LogP contribution >= 0.6 is 0 Å². The molecule has 0 atom stereocenters. The highest BCUT2D eigenvalue weighted by molar-refractivity contribution is 5.57. The number of nitrogens with zero attached hydrogens (tertiary/aromatic N) is 3. The molecule has 0 radical (unpaired) electrons. The van der Waals surface area contributed by atoms with Crippen molar-refractivity contribution >= 4 is 0 Å². The van der Waals surface area contributed by atoms with Crippen molar-refractivity contribution in [2.45, 2.75) is 20.8 Å². The molecule has 0 bridgehead atoms. The SMILES string of the molecule is CC.COc1ncc(-c2cc(C)ccn2)cn1. The first-order valence-corrected chi connectivity index (χ1v) is 5.58. The van der Waals surface area contributed by atoms with Gasteiger partial charge in [0.05, 0.1) is 12.8 Å². The van der Waals surface area contributed by atoms with E-state index in [-0.39, 0.29) is 0 Å². The standard InChI is InChI=1S/C11H11N3O.C2H6/c1-8-3-4-12-10(5-8)9-6-13-11(15-2)14-7-9;1-2/h3-7H,1-2H3;1-2H3. The predicted molar refractivity (Wildman–Crippen MR) is 67.9 cm³/mol.